The van der Waals surface area contributed by atoms with E-state index in [1.807, 2.05) is 26.0 Å². The summed E-state index contributed by atoms with van der Waals surface area (Å²) < 4.78 is 31.2. The van der Waals surface area contributed by atoms with Crippen LogP contribution in [0.5, 0.6) is 0 Å². The molecule has 0 spiro atoms. The van der Waals surface area contributed by atoms with E-state index in [4.69, 9.17) is 4.74 Å². The molecule has 0 amide bonds. The molecule has 9 nitrogen and oxygen atoms in total. The lowest BCUT2D eigenvalue weighted by molar-refractivity contribution is 0.0378. The largest absolute Gasteiger partial charge is 0.459 e. The zero-order valence-corrected chi connectivity index (χ0v) is 26.1. The van der Waals surface area contributed by atoms with Crippen molar-refractivity contribution in [2.45, 2.75) is 57.3 Å². The molecule has 1 unspecified atom stereocenters. The van der Waals surface area contributed by atoms with Crippen LogP contribution < -0.4 is 10.2 Å². The molecule has 1 aromatic heterocycles. The third-order valence-electron chi connectivity index (χ3n) is 7.35. The average Bonchev–Trinajstić information content (AvgIpc) is 2.97. The van der Waals surface area contributed by atoms with Gasteiger partial charge in [0.25, 0.3) is 0 Å². The summed E-state index contributed by atoms with van der Waals surface area (Å²) >= 11 is 0. The van der Waals surface area contributed by atoms with Gasteiger partial charge in [-0.15, -0.1) is 0 Å². The molecule has 4 rings (SSSR count). The van der Waals surface area contributed by atoms with Gasteiger partial charge in [0.1, 0.15) is 11.4 Å². The smallest absolute Gasteiger partial charge is 0.342 e. The highest BCUT2D eigenvalue weighted by Gasteiger charge is 2.24. The number of rotatable bonds is 12. The van der Waals surface area contributed by atoms with Crippen LogP contribution in [0.1, 0.15) is 47.8 Å². The number of benzene rings is 2. The first-order valence-corrected chi connectivity index (χ1v) is 15.9. The summed E-state index contributed by atoms with van der Waals surface area (Å²) in [6.45, 7) is 10.8. The highest BCUT2D eigenvalue weighted by molar-refractivity contribution is 7.89. The van der Waals surface area contributed by atoms with E-state index in [0.29, 0.717) is 16.3 Å². The van der Waals surface area contributed by atoms with E-state index in [1.165, 1.54) is 29.5 Å². The molecule has 3 aromatic rings. The maximum Gasteiger partial charge on any atom is 0.342 e. The van der Waals surface area contributed by atoms with Gasteiger partial charge in [0.2, 0.25) is 10.0 Å². The Morgan fingerprint density at radius 1 is 0.929 bits per heavy atom. The highest BCUT2D eigenvalue weighted by atomic mass is 32.2. The molecule has 2 aromatic carbocycles. The Hall–Kier alpha value is -3.31. The van der Waals surface area contributed by atoms with E-state index >= 15 is 0 Å². The number of nitrogens with one attached hydrogen (secondary N) is 1. The lowest BCUT2D eigenvalue weighted by Crippen LogP contribution is -2.46. The second-order valence-electron chi connectivity index (χ2n) is 11.3. The molecular formula is C32H43N5O4S. The van der Waals surface area contributed by atoms with Gasteiger partial charge < -0.3 is 15.0 Å². The van der Waals surface area contributed by atoms with Crippen molar-refractivity contribution in [3.05, 3.63) is 89.1 Å². The fourth-order valence-corrected chi connectivity index (χ4v) is 5.85. The first-order chi connectivity index (χ1) is 20.0. The molecule has 1 saturated heterocycles. The zero-order valence-electron chi connectivity index (χ0n) is 25.3. The third-order valence-corrected chi connectivity index (χ3v) is 9.18. The third kappa shape index (κ3) is 8.38. The van der Waals surface area contributed by atoms with Crippen molar-refractivity contribution in [3.63, 3.8) is 0 Å². The van der Waals surface area contributed by atoms with Crippen LogP contribution in [0.25, 0.3) is 0 Å². The lowest BCUT2D eigenvalue weighted by atomic mass is 10.1. The maximum atomic E-state index is 12.6. The molecule has 42 heavy (non-hydrogen) atoms. The Morgan fingerprint density at radius 3 is 2.17 bits per heavy atom. The van der Waals surface area contributed by atoms with Crippen LogP contribution in [0.15, 0.2) is 71.8 Å². The summed E-state index contributed by atoms with van der Waals surface area (Å²) in [5.41, 5.74) is 4.11. The topological polar surface area (TPSA) is 95.1 Å². The molecule has 1 atom stereocenters. The molecule has 0 saturated carbocycles. The van der Waals surface area contributed by atoms with Gasteiger partial charge in [-0.1, -0.05) is 36.4 Å². The molecule has 1 fully saturated rings. The molecule has 0 radical (unpaired) electrons. The fraction of sp³-hybridized carbons (Fsp3) is 0.438. The van der Waals surface area contributed by atoms with Crippen molar-refractivity contribution in [2.75, 3.05) is 45.2 Å². The Bertz CT molecular complexity index is 1420. The lowest BCUT2D eigenvalue weighted by Gasteiger charge is -2.36. The summed E-state index contributed by atoms with van der Waals surface area (Å²) in [5, 5.41) is 3.57. The Morgan fingerprint density at radius 2 is 1.55 bits per heavy atom. The Labute approximate surface area is 250 Å². The normalized spacial score (nSPS) is 15.3. The second-order valence-corrected chi connectivity index (χ2v) is 13.5. The summed E-state index contributed by atoms with van der Waals surface area (Å²) in [4.78, 5) is 22.0. The van der Waals surface area contributed by atoms with Gasteiger partial charge in [-0.05, 0) is 68.1 Å². The van der Waals surface area contributed by atoms with Crippen LogP contribution in [0.4, 0.5) is 5.82 Å². The summed E-state index contributed by atoms with van der Waals surface area (Å²) in [7, 11) is -0.330. The molecular weight excluding hydrogens is 550 g/mol. The van der Waals surface area contributed by atoms with E-state index in [1.54, 1.807) is 30.5 Å². The van der Waals surface area contributed by atoms with Crippen LogP contribution in [0.3, 0.4) is 0 Å². The molecule has 226 valence electrons. The number of sulfonamides is 1. The number of pyridine rings is 1. The van der Waals surface area contributed by atoms with Gasteiger partial charge in [0.15, 0.2) is 0 Å². The van der Waals surface area contributed by atoms with Gasteiger partial charge in [0, 0.05) is 65.6 Å². The number of hydrogen-bond acceptors (Lipinski definition) is 8. The standard InChI is InChI=1S/C32H43N5O4S/c1-24(2)41-32(38)30-7-6-16-33-31(30)37-19-17-36(18-20-37)23-28-10-8-27(9-11-28)22-34-25(3)21-26-12-14-29(15-13-26)42(39,40)35(4)5/h6-16,24-25,34H,17-23H2,1-5H3. The molecule has 1 aliphatic rings. The molecule has 10 heteroatoms. The summed E-state index contributed by atoms with van der Waals surface area (Å²) in [6, 6.07) is 19.7. The average molecular weight is 594 g/mol. The number of carbonyl (C=O) groups excluding carboxylic acids is 1. The summed E-state index contributed by atoms with van der Waals surface area (Å²) in [5.74, 6) is 0.370. The van der Waals surface area contributed by atoms with Crippen LogP contribution in [0.2, 0.25) is 0 Å². The number of carbonyl (C=O) groups is 1. The number of esters is 1. The van der Waals surface area contributed by atoms with Crippen molar-refractivity contribution in [3.8, 4) is 0 Å². The molecule has 0 bridgehead atoms. The predicted octanol–water partition coefficient (Wildman–Crippen LogP) is 3.94. The number of aromatic nitrogens is 1. The highest BCUT2D eigenvalue weighted by Crippen LogP contribution is 2.21. The van der Waals surface area contributed by atoms with Crippen molar-refractivity contribution in [1.29, 1.82) is 0 Å². The van der Waals surface area contributed by atoms with Crippen LogP contribution >= 0.6 is 0 Å². The van der Waals surface area contributed by atoms with Gasteiger partial charge in [-0.25, -0.2) is 22.5 Å². The minimum atomic E-state index is -3.41. The van der Waals surface area contributed by atoms with Gasteiger partial charge >= 0.3 is 5.97 Å². The van der Waals surface area contributed by atoms with E-state index in [0.717, 1.165) is 51.3 Å². The number of piperazine rings is 1. The first-order valence-electron chi connectivity index (χ1n) is 14.5. The van der Waals surface area contributed by atoms with Crippen molar-refractivity contribution in [2.24, 2.45) is 0 Å². The first kappa shape index (κ1) is 31.6. The van der Waals surface area contributed by atoms with Crippen molar-refractivity contribution in [1.82, 2.24) is 19.5 Å². The van der Waals surface area contributed by atoms with E-state index in [9.17, 15) is 13.2 Å². The Balaban J connectivity index is 1.23. The van der Waals surface area contributed by atoms with Crippen molar-refractivity contribution < 1.29 is 17.9 Å². The van der Waals surface area contributed by atoms with Gasteiger partial charge in [-0.2, -0.15) is 0 Å². The molecule has 1 aliphatic heterocycles. The van der Waals surface area contributed by atoms with E-state index in [-0.39, 0.29) is 18.1 Å². The Kier molecular flexibility index (Phi) is 10.7. The number of hydrogen-bond donors (Lipinski definition) is 1. The molecule has 0 aliphatic carbocycles. The maximum absolute atomic E-state index is 12.6. The quantitative estimate of drug-likeness (QED) is 0.316. The number of ether oxygens (including phenoxy) is 1. The van der Waals surface area contributed by atoms with Crippen molar-refractivity contribution >= 4 is 21.8 Å². The number of nitrogens with zero attached hydrogens (tertiary/aromatic N) is 4. The van der Waals surface area contributed by atoms with E-state index < -0.39 is 10.0 Å². The monoisotopic (exact) mass is 593 g/mol. The molecule has 1 N–H and O–H groups in total. The minimum Gasteiger partial charge on any atom is -0.459 e. The predicted molar refractivity (Wildman–Crippen MR) is 166 cm³/mol. The van der Waals surface area contributed by atoms with Gasteiger partial charge in [0.05, 0.1) is 11.0 Å². The van der Waals surface area contributed by atoms with Gasteiger partial charge in [-0.3, -0.25) is 4.90 Å². The second kappa shape index (κ2) is 14.2. The van der Waals surface area contributed by atoms with E-state index in [2.05, 4.69) is 51.3 Å². The van der Waals surface area contributed by atoms with Crippen LogP contribution in [0, 0.1) is 0 Å². The minimum absolute atomic E-state index is 0.172. The molecule has 2 heterocycles. The van der Waals surface area contributed by atoms with Crippen LogP contribution in [-0.4, -0.2) is 81.0 Å². The fourth-order valence-electron chi connectivity index (χ4n) is 4.95. The summed E-state index contributed by atoms with van der Waals surface area (Å²) in [6.07, 6.45) is 2.36. The zero-order chi connectivity index (χ0) is 30.3. The number of anilines is 1. The SMILES string of the molecule is CC(Cc1ccc(S(=O)(=O)N(C)C)cc1)NCc1ccc(CN2CCN(c3ncccc3C(=O)OC(C)C)CC2)cc1. The van der Waals surface area contributed by atoms with Crippen LogP contribution in [-0.2, 0) is 34.3 Å².